The van der Waals surface area contributed by atoms with Crippen molar-refractivity contribution in [3.05, 3.63) is 11.1 Å². The number of nitrogens with zero attached hydrogens (tertiary/aromatic N) is 4. The smallest absolute Gasteiger partial charge is 0.225 e. The Morgan fingerprint density at radius 3 is 2.48 bits per heavy atom. The molecule has 7 nitrogen and oxygen atoms in total. The summed E-state index contributed by atoms with van der Waals surface area (Å²) in [6.45, 7) is 9.30. The maximum atomic E-state index is 12.6. The van der Waals surface area contributed by atoms with Gasteiger partial charge in [-0.05, 0) is 32.6 Å². The summed E-state index contributed by atoms with van der Waals surface area (Å²) in [5.74, 6) is 1.32. The molecule has 0 bridgehead atoms. The van der Waals surface area contributed by atoms with E-state index >= 15 is 0 Å². The predicted molar refractivity (Wildman–Crippen MR) is 133 cm³/mol. The summed E-state index contributed by atoms with van der Waals surface area (Å²) in [6, 6.07) is 0.344. The fourth-order valence-electron chi connectivity index (χ4n) is 3.39. The number of hydrogen-bond donors (Lipinski definition) is 2. The van der Waals surface area contributed by atoms with Crippen molar-refractivity contribution in [2.24, 2.45) is 10.9 Å². The van der Waals surface area contributed by atoms with Crippen LogP contribution in [0.4, 0.5) is 5.13 Å². The summed E-state index contributed by atoms with van der Waals surface area (Å²) in [6.07, 6.45) is 3.77. The molecule has 1 fully saturated rings. The van der Waals surface area contributed by atoms with Crippen molar-refractivity contribution in [1.82, 2.24) is 20.5 Å². The first-order chi connectivity index (χ1) is 13.5. The number of guanidine groups is 1. The molecule has 1 aliphatic rings. The number of aliphatic imine (C=N–C) groups is 1. The van der Waals surface area contributed by atoms with Crippen molar-refractivity contribution in [1.29, 1.82) is 0 Å². The average molecular weight is 537 g/mol. The molecule has 1 aliphatic heterocycles. The lowest BCUT2D eigenvalue weighted by Crippen LogP contribution is -2.50. The Morgan fingerprint density at radius 2 is 1.97 bits per heavy atom. The molecule has 0 aromatic carbocycles. The SMILES string of the molecule is CCNC(=NCc1csc(N(C)C)n1)NC1CCN(C(=O)C(CC)CC)CC1.I. The number of aromatic nitrogens is 1. The van der Waals surface area contributed by atoms with Crippen LogP contribution in [-0.4, -0.2) is 61.5 Å². The van der Waals surface area contributed by atoms with Gasteiger partial charge in [0.2, 0.25) is 5.91 Å². The highest BCUT2D eigenvalue weighted by Crippen LogP contribution is 2.19. The van der Waals surface area contributed by atoms with E-state index in [0.29, 0.717) is 18.5 Å². The van der Waals surface area contributed by atoms with Gasteiger partial charge in [0.15, 0.2) is 11.1 Å². The Morgan fingerprint density at radius 1 is 1.31 bits per heavy atom. The number of anilines is 1. The summed E-state index contributed by atoms with van der Waals surface area (Å²) in [7, 11) is 4.00. The first-order valence-corrected chi connectivity index (χ1v) is 11.3. The summed E-state index contributed by atoms with van der Waals surface area (Å²) in [5.41, 5.74) is 0.983. The third kappa shape index (κ3) is 7.92. The van der Waals surface area contributed by atoms with Gasteiger partial charge in [-0.15, -0.1) is 35.3 Å². The van der Waals surface area contributed by atoms with Crippen LogP contribution in [0.15, 0.2) is 10.4 Å². The van der Waals surface area contributed by atoms with Crippen molar-refractivity contribution in [3.8, 4) is 0 Å². The molecule has 0 atom stereocenters. The second-order valence-electron chi connectivity index (χ2n) is 7.47. The Kier molecular flexibility index (Phi) is 11.9. The van der Waals surface area contributed by atoms with E-state index < -0.39 is 0 Å². The van der Waals surface area contributed by atoms with Crippen molar-refractivity contribution in [2.45, 2.75) is 59.0 Å². The zero-order valence-corrected chi connectivity index (χ0v) is 21.5. The quantitative estimate of drug-likeness (QED) is 0.303. The second-order valence-corrected chi connectivity index (χ2v) is 8.30. The Labute approximate surface area is 196 Å². The van der Waals surface area contributed by atoms with E-state index in [4.69, 9.17) is 4.99 Å². The van der Waals surface area contributed by atoms with Crippen LogP contribution in [0.5, 0.6) is 0 Å². The van der Waals surface area contributed by atoms with Gasteiger partial charge >= 0.3 is 0 Å². The summed E-state index contributed by atoms with van der Waals surface area (Å²) >= 11 is 1.63. The first kappa shape index (κ1) is 25.9. The molecule has 166 valence electrons. The number of thiazole rings is 1. The topological polar surface area (TPSA) is 72.9 Å². The minimum Gasteiger partial charge on any atom is -0.357 e. The number of hydrogen-bond acceptors (Lipinski definition) is 5. The molecule has 1 aromatic heterocycles. The van der Waals surface area contributed by atoms with Gasteiger partial charge in [0.25, 0.3) is 0 Å². The van der Waals surface area contributed by atoms with Gasteiger partial charge < -0.3 is 20.4 Å². The van der Waals surface area contributed by atoms with Crippen LogP contribution >= 0.6 is 35.3 Å². The monoisotopic (exact) mass is 536 g/mol. The van der Waals surface area contributed by atoms with Gasteiger partial charge in [-0.2, -0.15) is 0 Å². The minimum atomic E-state index is 0. The van der Waals surface area contributed by atoms with Crippen LogP contribution in [0.1, 0.15) is 52.1 Å². The van der Waals surface area contributed by atoms with E-state index in [1.54, 1.807) is 11.3 Å². The van der Waals surface area contributed by atoms with Crippen molar-refractivity contribution < 1.29 is 4.79 Å². The number of likely N-dealkylation sites (tertiary alicyclic amines) is 1. The molecule has 1 saturated heterocycles. The number of carbonyl (C=O) groups excluding carboxylic acids is 1. The Bertz CT molecular complexity index is 639. The molecule has 0 aliphatic carbocycles. The largest absolute Gasteiger partial charge is 0.357 e. The second kappa shape index (κ2) is 13.3. The maximum Gasteiger partial charge on any atom is 0.225 e. The molecule has 0 unspecified atom stereocenters. The molecule has 2 heterocycles. The summed E-state index contributed by atoms with van der Waals surface area (Å²) < 4.78 is 0. The predicted octanol–water partition coefficient (Wildman–Crippen LogP) is 3.31. The molecule has 0 radical (unpaired) electrons. The lowest BCUT2D eigenvalue weighted by molar-refractivity contribution is -0.136. The van der Waals surface area contributed by atoms with E-state index in [2.05, 4.69) is 41.8 Å². The molecule has 9 heteroatoms. The average Bonchev–Trinajstić information content (AvgIpc) is 3.17. The van der Waals surface area contributed by atoms with Gasteiger partial charge in [-0.25, -0.2) is 9.98 Å². The lowest BCUT2D eigenvalue weighted by atomic mass is 9.98. The van der Waals surface area contributed by atoms with E-state index in [1.165, 1.54) is 0 Å². The van der Waals surface area contributed by atoms with Crippen molar-refractivity contribution in [2.75, 3.05) is 38.6 Å². The normalized spacial score (nSPS) is 15.2. The molecule has 0 spiro atoms. The molecular weight excluding hydrogens is 499 g/mol. The molecule has 1 aromatic rings. The number of carbonyl (C=O) groups is 1. The molecular formula is C20H37IN6OS. The zero-order chi connectivity index (χ0) is 20.5. The van der Waals surface area contributed by atoms with Gasteiger partial charge in [0, 0.05) is 51.1 Å². The van der Waals surface area contributed by atoms with Gasteiger partial charge in [-0.1, -0.05) is 13.8 Å². The van der Waals surface area contributed by atoms with Crippen molar-refractivity contribution in [3.63, 3.8) is 0 Å². The van der Waals surface area contributed by atoms with Gasteiger partial charge in [0.1, 0.15) is 0 Å². The third-order valence-electron chi connectivity index (χ3n) is 5.15. The maximum absolute atomic E-state index is 12.6. The molecule has 2 N–H and O–H groups in total. The molecule has 1 amide bonds. The van der Waals surface area contributed by atoms with E-state index in [-0.39, 0.29) is 29.9 Å². The van der Waals surface area contributed by atoms with Gasteiger partial charge in [0.05, 0.1) is 12.2 Å². The highest BCUT2D eigenvalue weighted by molar-refractivity contribution is 14.0. The van der Waals surface area contributed by atoms with E-state index in [0.717, 1.165) is 62.1 Å². The third-order valence-corrected chi connectivity index (χ3v) is 6.21. The minimum absolute atomic E-state index is 0. The van der Waals surface area contributed by atoms with Crippen LogP contribution in [0.25, 0.3) is 0 Å². The number of rotatable bonds is 8. The van der Waals surface area contributed by atoms with E-state index in [1.807, 2.05) is 23.9 Å². The number of nitrogens with one attached hydrogen (secondary N) is 2. The number of halogens is 1. The van der Waals surface area contributed by atoms with Gasteiger partial charge in [-0.3, -0.25) is 4.79 Å². The highest BCUT2D eigenvalue weighted by Gasteiger charge is 2.26. The standard InChI is InChI=1S/C20H36N6OS.HI/c1-6-15(7-2)18(27)26-11-9-16(10-12-26)23-19(21-8-3)22-13-17-14-28-20(24-17)25(4)5;/h14-16H,6-13H2,1-5H3,(H2,21,22,23);1H. The fourth-order valence-corrected chi connectivity index (χ4v) is 4.14. The highest BCUT2D eigenvalue weighted by atomic mass is 127. The molecule has 2 rings (SSSR count). The van der Waals surface area contributed by atoms with E-state index in [9.17, 15) is 4.79 Å². The van der Waals surface area contributed by atoms with Crippen LogP contribution in [0.3, 0.4) is 0 Å². The van der Waals surface area contributed by atoms with Crippen LogP contribution in [0.2, 0.25) is 0 Å². The fraction of sp³-hybridized carbons (Fsp3) is 0.750. The number of amides is 1. The molecule has 0 saturated carbocycles. The Hall–Kier alpha value is -1.10. The molecule has 29 heavy (non-hydrogen) atoms. The number of piperidine rings is 1. The summed E-state index contributed by atoms with van der Waals surface area (Å²) in [4.78, 5) is 25.9. The zero-order valence-electron chi connectivity index (χ0n) is 18.4. The Balaban J connectivity index is 0.00000420. The lowest BCUT2D eigenvalue weighted by Gasteiger charge is -2.34. The summed E-state index contributed by atoms with van der Waals surface area (Å²) in [5, 5.41) is 9.92. The van der Waals surface area contributed by atoms with Crippen LogP contribution in [-0.2, 0) is 11.3 Å². The van der Waals surface area contributed by atoms with Crippen molar-refractivity contribution >= 4 is 52.3 Å². The van der Waals surface area contributed by atoms with Crippen LogP contribution < -0.4 is 15.5 Å². The van der Waals surface area contributed by atoms with Crippen LogP contribution in [0, 0.1) is 5.92 Å². The first-order valence-electron chi connectivity index (χ1n) is 10.4.